The summed E-state index contributed by atoms with van der Waals surface area (Å²) >= 11 is 12.0. The van der Waals surface area contributed by atoms with E-state index in [9.17, 15) is 9.59 Å². The van der Waals surface area contributed by atoms with Crippen LogP contribution in [0.5, 0.6) is 5.75 Å². The summed E-state index contributed by atoms with van der Waals surface area (Å²) in [5.74, 6) is 0.755. The Labute approximate surface area is 201 Å². The molecule has 33 heavy (non-hydrogen) atoms. The Hall–Kier alpha value is -3.03. The van der Waals surface area contributed by atoms with Crippen LogP contribution in [0.2, 0.25) is 10.0 Å². The molecule has 3 aromatic rings. The maximum absolute atomic E-state index is 13.2. The lowest BCUT2D eigenvalue weighted by molar-refractivity contribution is -0.119. The van der Waals surface area contributed by atoms with Crippen LogP contribution in [0.25, 0.3) is 0 Å². The van der Waals surface area contributed by atoms with Gasteiger partial charge in [0.15, 0.2) is 0 Å². The van der Waals surface area contributed by atoms with Crippen LogP contribution in [0.4, 0.5) is 5.69 Å². The molecule has 1 aliphatic heterocycles. The number of anilines is 1. The molecule has 1 fully saturated rings. The van der Waals surface area contributed by atoms with Gasteiger partial charge in [-0.3, -0.25) is 9.59 Å². The highest BCUT2D eigenvalue weighted by Gasteiger charge is 2.34. The first-order valence-corrected chi connectivity index (χ1v) is 11.3. The zero-order valence-corrected chi connectivity index (χ0v) is 19.7. The number of nitrogens with one attached hydrogen (secondary N) is 1. The number of amides is 2. The first kappa shape index (κ1) is 23.1. The minimum atomic E-state index is -0.581. The van der Waals surface area contributed by atoms with Gasteiger partial charge in [-0.1, -0.05) is 34.4 Å². The molecule has 1 aromatic heterocycles. The van der Waals surface area contributed by atoms with Crippen LogP contribution in [0.15, 0.2) is 47.0 Å². The molecule has 0 aliphatic carbocycles. The van der Waals surface area contributed by atoms with Crippen molar-refractivity contribution in [2.24, 2.45) is 0 Å². The minimum Gasteiger partial charge on any atom is -0.489 e. The molecule has 1 unspecified atom stereocenters. The number of nitrogens with zero attached hydrogens (tertiary/aromatic N) is 2. The van der Waals surface area contributed by atoms with Gasteiger partial charge in [0.1, 0.15) is 24.2 Å². The summed E-state index contributed by atoms with van der Waals surface area (Å²) in [5.41, 5.74) is 2.60. The SMILES string of the molecule is Cc1noc(C)c1COc1cccc(C(=O)N2CCCC2C(=O)Nc2cc(Cl)cc(Cl)c2)c1. The second-order valence-corrected chi connectivity index (χ2v) is 8.80. The molecule has 2 heterocycles. The number of carbonyl (C=O) groups excluding carboxylic acids is 2. The molecule has 1 saturated heterocycles. The zero-order valence-electron chi connectivity index (χ0n) is 18.2. The second kappa shape index (κ2) is 9.85. The van der Waals surface area contributed by atoms with E-state index in [0.29, 0.717) is 45.8 Å². The molecule has 2 aromatic carbocycles. The smallest absolute Gasteiger partial charge is 0.254 e. The Bertz CT molecular complexity index is 1150. The molecule has 1 aliphatic rings. The lowest BCUT2D eigenvalue weighted by Gasteiger charge is -2.24. The molecule has 1 atom stereocenters. The van der Waals surface area contributed by atoms with Gasteiger partial charge in [-0.2, -0.15) is 0 Å². The second-order valence-electron chi connectivity index (χ2n) is 7.92. The van der Waals surface area contributed by atoms with Gasteiger partial charge in [0.2, 0.25) is 5.91 Å². The Morgan fingerprint density at radius 3 is 2.64 bits per heavy atom. The molecule has 0 bridgehead atoms. The Kier molecular flexibility index (Phi) is 6.91. The third kappa shape index (κ3) is 5.31. The predicted molar refractivity (Wildman–Crippen MR) is 126 cm³/mol. The summed E-state index contributed by atoms with van der Waals surface area (Å²) in [4.78, 5) is 27.7. The van der Waals surface area contributed by atoms with Crippen LogP contribution in [-0.4, -0.2) is 34.5 Å². The lowest BCUT2D eigenvalue weighted by Crippen LogP contribution is -2.43. The average Bonchev–Trinajstić information content (AvgIpc) is 3.38. The van der Waals surface area contributed by atoms with Crippen LogP contribution in [0.3, 0.4) is 0 Å². The lowest BCUT2D eigenvalue weighted by atomic mass is 10.1. The van der Waals surface area contributed by atoms with Gasteiger partial charge in [-0.15, -0.1) is 0 Å². The van der Waals surface area contributed by atoms with E-state index in [1.807, 2.05) is 13.8 Å². The van der Waals surface area contributed by atoms with Crippen LogP contribution >= 0.6 is 23.2 Å². The van der Waals surface area contributed by atoms with Crippen molar-refractivity contribution >= 4 is 40.7 Å². The van der Waals surface area contributed by atoms with E-state index >= 15 is 0 Å². The monoisotopic (exact) mass is 487 g/mol. The highest BCUT2D eigenvalue weighted by molar-refractivity contribution is 6.35. The number of aromatic nitrogens is 1. The average molecular weight is 488 g/mol. The quantitative estimate of drug-likeness (QED) is 0.501. The van der Waals surface area contributed by atoms with Gasteiger partial charge in [-0.25, -0.2) is 0 Å². The summed E-state index contributed by atoms with van der Waals surface area (Å²) in [6.07, 6.45) is 1.32. The summed E-state index contributed by atoms with van der Waals surface area (Å²) < 4.78 is 11.0. The molecular weight excluding hydrogens is 465 g/mol. The minimum absolute atomic E-state index is 0.223. The van der Waals surface area contributed by atoms with Gasteiger partial charge >= 0.3 is 0 Å². The molecule has 1 N–H and O–H groups in total. The van der Waals surface area contributed by atoms with E-state index < -0.39 is 6.04 Å². The number of halogens is 2. The molecular formula is C24H23Cl2N3O4. The molecule has 2 amide bonds. The summed E-state index contributed by atoms with van der Waals surface area (Å²) in [5, 5.41) is 7.58. The van der Waals surface area contributed by atoms with Crippen LogP contribution in [-0.2, 0) is 11.4 Å². The number of aryl methyl sites for hydroxylation is 2. The Balaban J connectivity index is 1.45. The molecule has 0 radical (unpaired) electrons. The van der Waals surface area contributed by atoms with Crippen molar-refractivity contribution in [2.75, 3.05) is 11.9 Å². The number of carbonyl (C=O) groups is 2. The van der Waals surface area contributed by atoms with Crippen molar-refractivity contribution in [2.45, 2.75) is 39.3 Å². The van der Waals surface area contributed by atoms with Crippen molar-refractivity contribution < 1.29 is 18.8 Å². The third-order valence-corrected chi connectivity index (χ3v) is 6.03. The van der Waals surface area contributed by atoms with Crippen molar-refractivity contribution in [3.8, 4) is 5.75 Å². The number of ether oxygens (including phenoxy) is 1. The number of hydrogen-bond donors (Lipinski definition) is 1. The molecule has 7 nitrogen and oxygen atoms in total. The fourth-order valence-electron chi connectivity index (χ4n) is 3.88. The van der Waals surface area contributed by atoms with Gasteiger partial charge < -0.3 is 19.5 Å². The number of rotatable bonds is 6. The highest BCUT2D eigenvalue weighted by Crippen LogP contribution is 2.26. The van der Waals surface area contributed by atoms with E-state index in [0.717, 1.165) is 17.7 Å². The van der Waals surface area contributed by atoms with Crippen molar-refractivity contribution in [1.82, 2.24) is 10.1 Å². The van der Waals surface area contributed by atoms with E-state index in [1.54, 1.807) is 47.4 Å². The highest BCUT2D eigenvalue weighted by atomic mass is 35.5. The van der Waals surface area contributed by atoms with E-state index in [1.165, 1.54) is 0 Å². The normalized spacial score (nSPS) is 15.5. The predicted octanol–water partition coefficient (Wildman–Crippen LogP) is 5.42. The van der Waals surface area contributed by atoms with Crippen LogP contribution in [0.1, 0.15) is 40.2 Å². The zero-order chi connectivity index (χ0) is 23.5. The van der Waals surface area contributed by atoms with Gasteiger partial charge in [0.05, 0.1) is 11.3 Å². The van der Waals surface area contributed by atoms with Gasteiger partial charge in [0, 0.05) is 27.8 Å². The maximum Gasteiger partial charge on any atom is 0.254 e. The molecule has 0 spiro atoms. The first-order valence-electron chi connectivity index (χ1n) is 10.5. The van der Waals surface area contributed by atoms with Crippen LogP contribution in [0, 0.1) is 13.8 Å². The Morgan fingerprint density at radius 2 is 1.94 bits per heavy atom. The van der Waals surface area contributed by atoms with E-state index in [2.05, 4.69) is 10.5 Å². The first-order chi connectivity index (χ1) is 15.8. The Morgan fingerprint density at radius 1 is 1.18 bits per heavy atom. The molecule has 9 heteroatoms. The number of likely N-dealkylation sites (tertiary alicyclic amines) is 1. The largest absolute Gasteiger partial charge is 0.489 e. The van der Waals surface area contributed by atoms with Crippen LogP contribution < -0.4 is 10.1 Å². The summed E-state index contributed by atoms with van der Waals surface area (Å²) in [7, 11) is 0. The fraction of sp³-hybridized carbons (Fsp3) is 0.292. The number of hydrogen-bond acceptors (Lipinski definition) is 5. The number of benzene rings is 2. The maximum atomic E-state index is 13.2. The molecule has 0 saturated carbocycles. The van der Waals surface area contributed by atoms with Crippen molar-refractivity contribution in [3.05, 3.63) is 75.1 Å². The standard InChI is InChI=1S/C24H23Cl2N3O4/c1-14-21(15(2)33-28-14)13-32-20-6-3-5-16(9-20)24(31)29-8-4-7-22(29)23(30)27-19-11-17(25)10-18(26)12-19/h3,5-6,9-12,22H,4,7-8,13H2,1-2H3,(H,27,30). The summed E-state index contributed by atoms with van der Waals surface area (Å²) in [6, 6.07) is 11.2. The van der Waals surface area contributed by atoms with Crippen molar-refractivity contribution in [1.29, 1.82) is 0 Å². The molecule has 172 valence electrons. The van der Waals surface area contributed by atoms with E-state index in [4.69, 9.17) is 32.5 Å². The molecule has 4 rings (SSSR count). The van der Waals surface area contributed by atoms with Gasteiger partial charge in [0.25, 0.3) is 5.91 Å². The summed E-state index contributed by atoms with van der Waals surface area (Å²) in [6.45, 7) is 4.47. The van der Waals surface area contributed by atoms with Crippen molar-refractivity contribution in [3.63, 3.8) is 0 Å². The third-order valence-electron chi connectivity index (χ3n) is 5.59. The fourth-order valence-corrected chi connectivity index (χ4v) is 4.41. The van der Waals surface area contributed by atoms with Gasteiger partial charge in [-0.05, 0) is 63.1 Å². The van der Waals surface area contributed by atoms with E-state index in [-0.39, 0.29) is 18.4 Å². The topological polar surface area (TPSA) is 84.7 Å².